The first kappa shape index (κ1) is 11.2. The van der Waals surface area contributed by atoms with Gasteiger partial charge < -0.3 is 5.32 Å². The number of amides is 1. The van der Waals surface area contributed by atoms with Crippen LogP contribution in [0.5, 0.6) is 0 Å². The van der Waals surface area contributed by atoms with E-state index in [4.69, 9.17) is 0 Å². The maximum absolute atomic E-state index is 11.6. The van der Waals surface area contributed by atoms with Gasteiger partial charge in [-0.2, -0.15) is 5.10 Å². The van der Waals surface area contributed by atoms with Crippen LogP contribution in [0, 0.1) is 0 Å². The molecule has 0 aromatic carbocycles. The lowest BCUT2D eigenvalue weighted by atomic mass is 10.0. The van der Waals surface area contributed by atoms with Crippen LogP contribution < -0.4 is 5.32 Å². The van der Waals surface area contributed by atoms with Gasteiger partial charge in [0.1, 0.15) is 5.69 Å². The Morgan fingerprint density at radius 1 is 1.71 bits per heavy atom. The molecule has 0 aliphatic rings. The summed E-state index contributed by atoms with van der Waals surface area (Å²) in [4.78, 5) is 11.6. The van der Waals surface area contributed by atoms with Crippen LogP contribution in [0.2, 0.25) is 0 Å². The lowest BCUT2D eigenvalue weighted by Gasteiger charge is -2.24. The number of aromatic amines is 1. The quantitative estimate of drug-likeness (QED) is 0.809. The fraction of sp³-hybridized carbons (Fsp3) is 0.556. The van der Waals surface area contributed by atoms with Crippen LogP contribution in [0.15, 0.2) is 12.3 Å². The Morgan fingerprint density at radius 3 is 2.93 bits per heavy atom. The molecule has 78 valence electrons. The highest BCUT2D eigenvalue weighted by molar-refractivity contribution is 9.09. The summed E-state index contributed by atoms with van der Waals surface area (Å²) in [6.07, 6.45) is 2.44. The van der Waals surface area contributed by atoms with Gasteiger partial charge in [-0.1, -0.05) is 15.9 Å². The second kappa shape index (κ2) is 4.59. The van der Waals surface area contributed by atoms with Crippen LogP contribution in [0.4, 0.5) is 0 Å². The fourth-order valence-corrected chi connectivity index (χ4v) is 2.05. The molecule has 0 radical (unpaired) electrons. The lowest BCUT2D eigenvalue weighted by Crippen LogP contribution is -2.43. The largest absolute Gasteiger partial charge is 0.346 e. The number of nitrogens with zero attached hydrogens (tertiary/aromatic N) is 1. The minimum absolute atomic E-state index is 0.117. The third-order valence-corrected chi connectivity index (χ3v) is 2.31. The molecule has 0 atom stereocenters. The topological polar surface area (TPSA) is 57.8 Å². The standard InChI is InChI=1S/C9H14BrN3O/c1-9(2,4-5-10)12-8(14)7-3-6-11-13-7/h3,6H,4-5H2,1-2H3,(H,11,13)(H,12,14). The number of hydrogen-bond donors (Lipinski definition) is 2. The van der Waals surface area contributed by atoms with Crippen molar-refractivity contribution < 1.29 is 4.79 Å². The Labute approximate surface area is 91.6 Å². The molecule has 5 heteroatoms. The van der Waals surface area contributed by atoms with Crippen molar-refractivity contribution in [3.63, 3.8) is 0 Å². The van der Waals surface area contributed by atoms with Crippen molar-refractivity contribution in [1.29, 1.82) is 0 Å². The highest BCUT2D eigenvalue weighted by Gasteiger charge is 2.20. The van der Waals surface area contributed by atoms with E-state index in [9.17, 15) is 4.79 Å². The van der Waals surface area contributed by atoms with Crippen LogP contribution in [0.25, 0.3) is 0 Å². The Kier molecular flexibility index (Phi) is 3.69. The smallest absolute Gasteiger partial charge is 0.269 e. The first-order chi connectivity index (χ1) is 6.55. The number of H-pyrrole nitrogens is 1. The van der Waals surface area contributed by atoms with Crippen LogP contribution in [-0.4, -0.2) is 27.0 Å². The molecule has 4 nitrogen and oxygen atoms in total. The van der Waals surface area contributed by atoms with Crippen LogP contribution in [0.3, 0.4) is 0 Å². The van der Waals surface area contributed by atoms with Gasteiger partial charge >= 0.3 is 0 Å². The number of alkyl halides is 1. The normalized spacial score (nSPS) is 11.4. The zero-order valence-electron chi connectivity index (χ0n) is 8.30. The van der Waals surface area contributed by atoms with Crippen LogP contribution in [-0.2, 0) is 0 Å². The van der Waals surface area contributed by atoms with Gasteiger partial charge in [0.2, 0.25) is 0 Å². The minimum atomic E-state index is -0.203. The Hall–Kier alpha value is -0.840. The number of aromatic nitrogens is 2. The summed E-state index contributed by atoms with van der Waals surface area (Å²) in [6.45, 7) is 3.98. The van der Waals surface area contributed by atoms with E-state index in [1.807, 2.05) is 13.8 Å². The molecule has 1 amide bonds. The van der Waals surface area contributed by atoms with E-state index in [2.05, 4.69) is 31.4 Å². The van der Waals surface area contributed by atoms with Crippen molar-refractivity contribution in [3.05, 3.63) is 18.0 Å². The summed E-state index contributed by atoms with van der Waals surface area (Å²) in [5.74, 6) is -0.117. The van der Waals surface area contributed by atoms with Gasteiger partial charge in [-0.05, 0) is 26.3 Å². The van der Waals surface area contributed by atoms with E-state index in [0.29, 0.717) is 5.69 Å². The van der Waals surface area contributed by atoms with E-state index >= 15 is 0 Å². The van der Waals surface area contributed by atoms with Crippen molar-refractivity contribution in [1.82, 2.24) is 15.5 Å². The number of carbonyl (C=O) groups is 1. The van der Waals surface area contributed by atoms with E-state index in [-0.39, 0.29) is 11.4 Å². The van der Waals surface area contributed by atoms with Crippen molar-refractivity contribution in [2.45, 2.75) is 25.8 Å². The highest BCUT2D eigenvalue weighted by Crippen LogP contribution is 2.10. The van der Waals surface area contributed by atoms with E-state index in [0.717, 1.165) is 11.8 Å². The third-order valence-electron chi connectivity index (χ3n) is 1.92. The number of halogens is 1. The molecule has 0 saturated carbocycles. The second-order valence-electron chi connectivity index (χ2n) is 3.75. The molecule has 0 unspecified atom stereocenters. The monoisotopic (exact) mass is 259 g/mol. The van der Waals surface area contributed by atoms with Crippen LogP contribution >= 0.6 is 15.9 Å². The predicted molar refractivity (Wildman–Crippen MR) is 58.5 cm³/mol. The summed E-state index contributed by atoms with van der Waals surface area (Å²) in [5, 5.41) is 10.1. The van der Waals surface area contributed by atoms with Gasteiger partial charge in [-0.3, -0.25) is 9.89 Å². The van der Waals surface area contributed by atoms with E-state index in [1.54, 1.807) is 12.3 Å². The molecule has 0 bridgehead atoms. The van der Waals surface area contributed by atoms with Gasteiger partial charge in [0.25, 0.3) is 5.91 Å². The molecular formula is C9H14BrN3O. The summed E-state index contributed by atoms with van der Waals surface area (Å²) in [7, 11) is 0. The van der Waals surface area contributed by atoms with Crippen molar-refractivity contribution in [2.24, 2.45) is 0 Å². The van der Waals surface area contributed by atoms with Gasteiger partial charge in [-0.25, -0.2) is 0 Å². The van der Waals surface area contributed by atoms with Crippen molar-refractivity contribution in [2.75, 3.05) is 5.33 Å². The van der Waals surface area contributed by atoms with Crippen molar-refractivity contribution in [3.8, 4) is 0 Å². The summed E-state index contributed by atoms with van der Waals surface area (Å²) in [6, 6.07) is 1.65. The number of hydrogen-bond acceptors (Lipinski definition) is 2. The van der Waals surface area contributed by atoms with E-state index in [1.165, 1.54) is 0 Å². The summed E-state index contributed by atoms with van der Waals surface area (Å²) >= 11 is 3.35. The predicted octanol–water partition coefficient (Wildman–Crippen LogP) is 1.70. The molecule has 1 rings (SSSR count). The average molecular weight is 260 g/mol. The molecule has 14 heavy (non-hydrogen) atoms. The van der Waals surface area contributed by atoms with Crippen molar-refractivity contribution >= 4 is 21.8 Å². The fourth-order valence-electron chi connectivity index (χ4n) is 1.06. The number of carbonyl (C=O) groups excluding carboxylic acids is 1. The molecule has 0 saturated heterocycles. The molecule has 1 aromatic heterocycles. The molecule has 1 aromatic rings. The van der Waals surface area contributed by atoms with Gasteiger partial charge in [-0.15, -0.1) is 0 Å². The molecule has 2 N–H and O–H groups in total. The zero-order chi connectivity index (χ0) is 10.6. The second-order valence-corrected chi connectivity index (χ2v) is 4.54. The molecule has 0 aliphatic heterocycles. The average Bonchev–Trinajstić information content (AvgIpc) is 2.53. The molecule has 0 aliphatic carbocycles. The van der Waals surface area contributed by atoms with E-state index < -0.39 is 0 Å². The summed E-state index contributed by atoms with van der Waals surface area (Å²) < 4.78 is 0. The number of nitrogens with one attached hydrogen (secondary N) is 2. The van der Waals surface area contributed by atoms with Gasteiger partial charge in [0.15, 0.2) is 0 Å². The SMILES string of the molecule is CC(C)(CCBr)NC(=O)c1ccn[nH]1. The zero-order valence-corrected chi connectivity index (χ0v) is 9.89. The van der Waals surface area contributed by atoms with Gasteiger partial charge in [0.05, 0.1) is 0 Å². The Morgan fingerprint density at radius 2 is 2.43 bits per heavy atom. The summed E-state index contributed by atoms with van der Waals surface area (Å²) in [5.41, 5.74) is 0.291. The first-order valence-corrected chi connectivity index (χ1v) is 5.55. The maximum atomic E-state index is 11.6. The number of rotatable bonds is 4. The Balaban J connectivity index is 2.57. The maximum Gasteiger partial charge on any atom is 0.269 e. The lowest BCUT2D eigenvalue weighted by molar-refractivity contribution is 0.0906. The molecule has 1 heterocycles. The first-order valence-electron chi connectivity index (χ1n) is 4.43. The highest BCUT2D eigenvalue weighted by atomic mass is 79.9. The third kappa shape index (κ3) is 3.14. The van der Waals surface area contributed by atoms with Crippen LogP contribution in [0.1, 0.15) is 30.8 Å². The molecular weight excluding hydrogens is 246 g/mol. The Bertz CT molecular complexity index is 295. The minimum Gasteiger partial charge on any atom is -0.346 e. The molecule has 0 spiro atoms. The van der Waals surface area contributed by atoms with Gasteiger partial charge in [0, 0.05) is 17.1 Å². The molecule has 0 fully saturated rings.